The molecule has 2 saturated heterocycles. The first-order chi connectivity index (χ1) is 19.9. The number of nitrogens with zero attached hydrogens (tertiary/aromatic N) is 6. The number of likely N-dealkylation sites (N-methyl/N-ethyl adjacent to an activating group) is 1. The molecular formula is C29H30N8O4. The predicted molar refractivity (Wildman–Crippen MR) is 149 cm³/mol. The molecule has 0 saturated carbocycles. The number of aromatic amines is 1. The van der Waals surface area contributed by atoms with Crippen molar-refractivity contribution in [2.24, 2.45) is 0 Å². The second-order valence-electron chi connectivity index (χ2n) is 10.4. The molecule has 4 amide bonds. The van der Waals surface area contributed by atoms with Crippen LogP contribution in [0.4, 0.5) is 4.79 Å². The molecule has 12 nitrogen and oxygen atoms in total. The molecule has 6 rings (SSSR count). The Morgan fingerprint density at radius 2 is 1.78 bits per heavy atom. The van der Waals surface area contributed by atoms with Gasteiger partial charge in [0.1, 0.15) is 23.5 Å². The van der Waals surface area contributed by atoms with Crippen LogP contribution in [0.1, 0.15) is 16.7 Å². The maximum atomic E-state index is 14.0. The lowest BCUT2D eigenvalue weighted by Gasteiger charge is -2.54. The molecule has 12 heteroatoms. The van der Waals surface area contributed by atoms with E-state index in [9.17, 15) is 19.5 Å². The first-order valence-electron chi connectivity index (χ1n) is 13.4. The smallest absolute Gasteiger partial charge is 0.334 e. The number of fused-ring (bicyclic) bond motifs is 2. The van der Waals surface area contributed by atoms with E-state index < -0.39 is 12.2 Å². The number of aromatic hydroxyl groups is 1. The zero-order valence-electron chi connectivity index (χ0n) is 22.5. The molecule has 3 aromatic carbocycles. The number of carbonyl (C=O) groups is 3. The lowest BCUT2D eigenvalue weighted by atomic mass is 9.98. The normalized spacial score (nSPS) is 19.5. The SMILES string of the molecule is CN1CC(=O)N2[C@@H](Cc3ccc(O)cc3)C(=O)N(Cc3ccc4nn[nH]c4c3)C[C@@H]2N1C(=O)NCc1ccccc1. The molecule has 2 aliphatic rings. The molecule has 2 fully saturated rings. The maximum absolute atomic E-state index is 14.0. The second-order valence-corrected chi connectivity index (χ2v) is 10.4. The highest BCUT2D eigenvalue weighted by Gasteiger charge is 2.50. The van der Waals surface area contributed by atoms with Crippen molar-refractivity contribution < 1.29 is 19.5 Å². The van der Waals surface area contributed by atoms with Crippen LogP contribution < -0.4 is 5.32 Å². The number of benzene rings is 3. The summed E-state index contributed by atoms with van der Waals surface area (Å²) >= 11 is 0. The summed E-state index contributed by atoms with van der Waals surface area (Å²) in [4.78, 5) is 44.3. The van der Waals surface area contributed by atoms with E-state index in [1.165, 1.54) is 5.01 Å². The Labute approximate surface area is 236 Å². The van der Waals surface area contributed by atoms with Crippen LogP contribution in [0.3, 0.4) is 0 Å². The topological polar surface area (TPSA) is 138 Å². The van der Waals surface area contributed by atoms with Crippen LogP contribution in [-0.2, 0) is 29.1 Å². The Bertz CT molecular complexity index is 1570. The van der Waals surface area contributed by atoms with Gasteiger partial charge in [-0.15, -0.1) is 5.10 Å². The lowest BCUT2D eigenvalue weighted by molar-refractivity contribution is -0.187. The summed E-state index contributed by atoms with van der Waals surface area (Å²) in [6.45, 7) is 0.696. The van der Waals surface area contributed by atoms with Crippen molar-refractivity contribution in [1.29, 1.82) is 0 Å². The average molecular weight is 555 g/mol. The predicted octanol–water partition coefficient (Wildman–Crippen LogP) is 1.84. The summed E-state index contributed by atoms with van der Waals surface area (Å²) in [6.07, 6.45) is -0.473. The van der Waals surface area contributed by atoms with Crippen LogP contribution in [0, 0.1) is 0 Å². The largest absolute Gasteiger partial charge is 0.508 e. The summed E-state index contributed by atoms with van der Waals surface area (Å²) < 4.78 is 0. The average Bonchev–Trinajstić information content (AvgIpc) is 3.44. The van der Waals surface area contributed by atoms with Gasteiger partial charge in [0.05, 0.1) is 18.6 Å². The molecule has 1 aromatic heterocycles. The van der Waals surface area contributed by atoms with Crippen LogP contribution in [0.2, 0.25) is 0 Å². The van der Waals surface area contributed by atoms with Crippen molar-refractivity contribution in [2.75, 3.05) is 20.1 Å². The highest BCUT2D eigenvalue weighted by molar-refractivity contribution is 5.91. The minimum atomic E-state index is -0.832. The maximum Gasteiger partial charge on any atom is 0.334 e. The van der Waals surface area contributed by atoms with Gasteiger partial charge in [-0.3, -0.25) is 14.7 Å². The number of amides is 4. The molecule has 2 aliphatic heterocycles. The Balaban J connectivity index is 1.32. The van der Waals surface area contributed by atoms with Gasteiger partial charge in [-0.25, -0.2) is 14.8 Å². The number of hydrogen-bond donors (Lipinski definition) is 3. The molecule has 0 radical (unpaired) electrons. The molecule has 0 bridgehead atoms. The van der Waals surface area contributed by atoms with E-state index >= 15 is 0 Å². The summed E-state index contributed by atoms with van der Waals surface area (Å²) in [7, 11) is 1.70. The van der Waals surface area contributed by atoms with Crippen molar-refractivity contribution in [3.8, 4) is 5.75 Å². The Hall–Kier alpha value is -4.97. The first-order valence-corrected chi connectivity index (χ1v) is 13.4. The van der Waals surface area contributed by atoms with Crippen molar-refractivity contribution in [2.45, 2.75) is 31.7 Å². The number of hydrazine groups is 1. The summed E-state index contributed by atoms with van der Waals surface area (Å²) in [5.41, 5.74) is 4.07. The molecule has 3 heterocycles. The summed E-state index contributed by atoms with van der Waals surface area (Å²) in [5, 5.41) is 26.6. The van der Waals surface area contributed by atoms with Crippen molar-refractivity contribution in [3.63, 3.8) is 0 Å². The molecule has 0 aliphatic carbocycles. The van der Waals surface area contributed by atoms with Crippen LogP contribution >= 0.6 is 0 Å². The number of carbonyl (C=O) groups excluding carboxylic acids is 3. The minimum absolute atomic E-state index is 0.0435. The van der Waals surface area contributed by atoms with Crippen LogP contribution in [0.15, 0.2) is 72.8 Å². The summed E-state index contributed by atoms with van der Waals surface area (Å²) in [5.74, 6) is -0.324. The van der Waals surface area contributed by atoms with E-state index in [1.54, 1.807) is 46.1 Å². The number of nitrogens with one attached hydrogen (secondary N) is 2. The Morgan fingerprint density at radius 3 is 2.56 bits per heavy atom. The third-order valence-corrected chi connectivity index (χ3v) is 7.56. The molecule has 0 unspecified atom stereocenters. The van der Waals surface area contributed by atoms with Crippen molar-refractivity contribution in [3.05, 3.63) is 89.5 Å². The molecule has 0 spiro atoms. The standard InChI is InChI=1S/C29H30N8O4/c1-34-18-27(39)36-25(14-19-7-10-22(38)11-8-19)28(40)35(16-21-9-12-23-24(13-21)32-33-31-23)17-26(36)37(34)29(41)30-15-20-5-3-2-4-6-20/h2-13,25-26,38H,14-18H2,1H3,(H,30,41)(H,31,32,33)/t25-,26-/m0/s1. The second kappa shape index (κ2) is 10.9. The third kappa shape index (κ3) is 5.29. The van der Waals surface area contributed by atoms with Gasteiger partial charge in [0.25, 0.3) is 0 Å². The monoisotopic (exact) mass is 554 g/mol. The van der Waals surface area contributed by atoms with E-state index in [2.05, 4.69) is 20.7 Å². The fraction of sp³-hybridized carbons (Fsp3) is 0.276. The van der Waals surface area contributed by atoms with Crippen molar-refractivity contribution in [1.82, 2.24) is 40.5 Å². The molecule has 3 N–H and O–H groups in total. The van der Waals surface area contributed by atoms with Crippen LogP contribution in [0.25, 0.3) is 11.0 Å². The van der Waals surface area contributed by atoms with Crippen LogP contribution in [-0.4, -0.2) is 90.5 Å². The summed E-state index contributed by atoms with van der Waals surface area (Å²) in [6, 6.07) is 20.6. The third-order valence-electron chi connectivity index (χ3n) is 7.56. The fourth-order valence-corrected chi connectivity index (χ4v) is 5.57. The molecule has 4 aromatic rings. The quantitative estimate of drug-likeness (QED) is 0.331. The number of H-pyrrole nitrogens is 1. The van der Waals surface area contributed by atoms with E-state index in [-0.39, 0.29) is 49.7 Å². The lowest BCUT2D eigenvalue weighted by Crippen LogP contribution is -2.76. The van der Waals surface area contributed by atoms with Crippen LogP contribution in [0.5, 0.6) is 5.75 Å². The molecule has 41 heavy (non-hydrogen) atoms. The zero-order valence-corrected chi connectivity index (χ0v) is 22.5. The van der Waals surface area contributed by atoms with Gasteiger partial charge >= 0.3 is 6.03 Å². The first kappa shape index (κ1) is 26.3. The zero-order chi connectivity index (χ0) is 28.5. The molecular weight excluding hydrogens is 524 g/mol. The van der Waals surface area contributed by atoms with Gasteiger partial charge in [-0.05, 0) is 41.0 Å². The Kier molecular flexibility index (Phi) is 6.98. The van der Waals surface area contributed by atoms with Gasteiger partial charge in [-0.1, -0.05) is 53.7 Å². The molecule has 210 valence electrons. The van der Waals surface area contributed by atoms with Crippen molar-refractivity contribution >= 4 is 28.9 Å². The van der Waals surface area contributed by atoms with Gasteiger partial charge in [-0.2, -0.15) is 0 Å². The highest BCUT2D eigenvalue weighted by atomic mass is 16.3. The van der Waals surface area contributed by atoms with Gasteiger partial charge in [0.2, 0.25) is 11.8 Å². The number of rotatable bonds is 6. The fourth-order valence-electron chi connectivity index (χ4n) is 5.57. The van der Waals surface area contributed by atoms with E-state index in [4.69, 9.17) is 0 Å². The number of piperazine rings is 1. The van der Waals surface area contributed by atoms with Gasteiger partial charge in [0.15, 0.2) is 0 Å². The van der Waals surface area contributed by atoms with E-state index in [1.807, 2.05) is 48.5 Å². The number of phenolic OH excluding ortho intramolecular Hbond substituents is 1. The van der Waals surface area contributed by atoms with E-state index in [0.717, 1.165) is 27.7 Å². The Morgan fingerprint density at radius 1 is 1.02 bits per heavy atom. The minimum Gasteiger partial charge on any atom is -0.508 e. The number of hydrogen-bond acceptors (Lipinski definition) is 7. The number of aromatic nitrogens is 3. The van der Waals surface area contributed by atoms with Gasteiger partial charge in [0, 0.05) is 26.6 Å². The van der Waals surface area contributed by atoms with Gasteiger partial charge < -0.3 is 20.2 Å². The highest BCUT2D eigenvalue weighted by Crippen LogP contribution is 2.29. The number of urea groups is 1. The van der Waals surface area contributed by atoms with E-state index in [0.29, 0.717) is 6.54 Å². The molecule has 2 atom stereocenters. The number of phenols is 1.